The minimum Gasteiger partial charge on any atom is -0.326 e. The Morgan fingerprint density at radius 1 is 1.14 bits per heavy atom. The van der Waals surface area contributed by atoms with E-state index in [-0.39, 0.29) is 17.6 Å². The van der Waals surface area contributed by atoms with E-state index in [1.54, 1.807) is 60.3 Å². The van der Waals surface area contributed by atoms with Gasteiger partial charge in [0.1, 0.15) is 0 Å². The molecule has 29 heavy (non-hydrogen) atoms. The highest BCUT2D eigenvalue weighted by Crippen LogP contribution is 2.25. The lowest BCUT2D eigenvalue weighted by molar-refractivity contribution is -0.115. The predicted octanol–water partition coefficient (Wildman–Crippen LogP) is 2.96. The van der Waals surface area contributed by atoms with E-state index in [0.717, 1.165) is 17.7 Å². The zero-order valence-corrected chi connectivity index (χ0v) is 16.2. The van der Waals surface area contributed by atoms with Gasteiger partial charge in [-0.2, -0.15) is 5.10 Å². The molecule has 0 atom stereocenters. The van der Waals surface area contributed by atoms with Crippen LogP contribution in [0.4, 0.5) is 11.4 Å². The molecule has 0 saturated heterocycles. The Kier molecular flexibility index (Phi) is 4.72. The largest absolute Gasteiger partial charge is 0.326 e. The van der Waals surface area contributed by atoms with Gasteiger partial charge in [-0.1, -0.05) is 31.2 Å². The molecule has 0 unspecified atom stereocenters. The van der Waals surface area contributed by atoms with Gasteiger partial charge in [0, 0.05) is 35.2 Å². The van der Waals surface area contributed by atoms with Crippen molar-refractivity contribution in [2.45, 2.75) is 19.8 Å². The van der Waals surface area contributed by atoms with Crippen molar-refractivity contribution in [2.75, 3.05) is 10.6 Å². The molecule has 146 valence electrons. The average molecular weight is 388 g/mol. The van der Waals surface area contributed by atoms with Crippen molar-refractivity contribution in [3.8, 4) is 0 Å². The molecule has 2 amide bonds. The van der Waals surface area contributed by atoms with Gasteiger partial charge in [-0.3, -0.25) is 19.1 Å². The lowest BCUT2D eigenvalue weighted by atomic mass is 10.0. The van der Waals surface area contributed by atoms with Gasteiger partial charge >= 0.3 is 0 Å². The summed E-state index contributed by atoms with van der Waals surface area (Å²) in [6.07, 6.45) is 1.11. The number of aromatic nitrogens is 2. The summed E-state index contributed by atoms with van der Waals surface area (Å²) in [4.78, 5) is 36.9. The summed E-state index contributed by atoms with van der Waals surface area (Å²) in [7, 11) is 1.80. The summed E-state index contributed by atoms with van der Waals surface area (Å²) in [6.45, 7) is 2.00. The Morgan fingerprint density at radius 2 is 1.93 bits per heavy atom. The van der Waals surface area contributed by atoms with Gasteiger partial charge in [-0.15, -0.1) is 0 Å². The van der Waals surface area contributed by atoms with Crippen molar-refractivity contribution in [1.29, 1.82) is 0 Å². The molecule has 1 aliphatic rings. The standard InChI is InChI=1S/C22H20N4O3/c1-3-17-12-19(25-26(17)2)22(29)23-16-6-4-5-14(9-16)21(28)15-8-7-13-11-20(27)24-18(13)10-15/h4-10,12H,3,11H2,1-2H3,(H,23,29)(H,24,27). The number of hydrogen-bond acceptors (Lipinski definition) is 4. The van der Waals surface area contributed by atoms with Crippen LogP contribution in [-0.2, 0) is 24.7 Å². The van der Waals surface area contributed by atoms with E-state index < -0.39 is 0 Å². The average Bonchev–Trinajstić information content (AvgIpc) is 3.28. The van der Waals surface area contributed by atoms with Crippen molar-refractivity contribution >= 4 is 29.0 Å². The quantitative estimate of drug-likeness (QED) is 0.657. The van der Waals surface area contributed by atoms with Crippen molar-refractivity contribution in [3.63, 3.8) is 0 Å². The fourth-order valence-electron chi connectivity index (χ4n) is 3.40. The number of ketones is 1. The normalized spacial score (nSPS) is 12.4. The molecule has 7 heteroatoms. The van der Waals surface area contributed by atoms with Crippen LogP contribution in [0.2, 0.25) is 0 Å². The van der Waals surface area contributed by atoms with Gasteiger partial charge in [-0.25, -0.2) is 0 Å². The molecule has 3 aromatic rings. The van der Waals surface area contributed by atoms with E-state index in [0.29, 0.717) is 34.6 Å². The molecule has 0 fully saturated rings. The first-order valence-electron chi connectivity index (χ1n) is 9.36. The second-order valence-corrected chi connectivity index (χ2v) is 6.96. The van der Waals surface area contributed by atoms with Gasteiger partial charge in [0.05, 0.1) is 6.42 Å². The molecular formula is C22H20N4O3. The molecule has 2 N–H and O–H groups in total. The molecule has 1 aliphatic heterocycles. The number of carbonyl (C=O) groups excluding carboxylic acids is 3. The van der Waals surface area contributed by atoms with Crippen LogP contribution < -0.4 is 10.6 Å². The van der Waals surface area contributed by atoms with Crippen LogP contribution in [0, 0.1) is 0 Å². The number of aryl methyl sites for hydroxylation is 2. The van der Waals surface area contributed by atoms with Crippen LogP contribution in [0.5, 0.6) is 0 Å². The second kappa shape index (κ2) is 7.35. The smallest absolute Gasteiger partial charge is 0.276 e. The molecule has 0 radical (unpaired) electrons. The molecule has 1 aromatic heterocycles. The fourth-order valence-corrected chi connectivity index (χ4v) is 3.40. The highest BCUT2D eigenvalue weighted by Gasteiger charge is 2.20. The molecule has 0 bridgehead atoms. The zero-order chi connectivity index (χ0) is 20.5. The maximum atomic E-state index is 12.9. The molecule has 7 nitrogen and oxygen atoms in total. The van der Waals surface area contributed by atoms with E-state index >= 15 is 0 Å². The first kappa shape index (κ1) is 18.6. The topological polar surface area (TPSA) is 93.1 Å². The summed E-state index contributed by atoms with van der Waals surface area (Å²) >= 11 is 0. The Morgan fingerprint density at radius 3 is 2.69 bits per heavy atom. The van der Waals surface area contributed by atoms with Crippen LogP contribution in [0.3, 0.4) is 0 Å². The van der Waals surface area contributed by atoms with Crippen molar-refractivity contribution in [3.05, 3.63) is 76.6 Å². The molecule has 0 aliphatic carbocycles. The zero-order valence-electron chi connectivity index (χ0n) is 16.2. The number of hydrogen-bond donors (Lipinski definition) is 2. The highest BCUT2D eigenvalue weighted by atomic mass is 16.2. The van der Waals surface area contributed by atoms with Crippen LogP contribution in [-0.4, -0.2) is 27.4 Å². The van der Waals surface area contributed by atoms with Crippen LogP contribution >= 0.6 is 0 Å². The summed E-state index contributed by atoms with van der Waals surface area (Å²) in [6, 6.07) is 13.7. The summed E-state index contributed by atoms with van der Waals surface area (Å²) in [5, 5.41) is 9.77. The number of benzene rings is 2. The number of anilines is 2. The Bertz CT molecular complexity index is 1150. The Balaban J connectivity index is 1.54. The van der Waals surface area contributed by atoms with Crippen LogP contribution in [0.25, 0.3) is 0 Å². The molecule has 0 saturated carbocycles. The molecule has 2 heterocycles. The van der Waals surface area contributed by atoms with Gasteiger partial charge in [0.15, 0.2) is 11.5 Å². The van der Waals surface area contributed by atoms with E-state index in [1.165, 1.54) is 0 Å². The van der Waals surface area contributed by atoms with Gasteiger partial charge < -0.3 is 10.6 Å². The number of rotatable bonds is 5. The van der Waals surface area contributed by atoms with Crippen molar-refractivity contribution in [1.82, 2.24) is 9.78 Å². The number of amides is 2. The Hall–Kier alpha value is -3.74. The van der Waals surface area contributed by atoms with Crippen molar-refractivity contribution < 1.29 is 14.4 Å². The van der Waals surface area contributed by atoms with E-state index in [2.05, 4.69) is 15.7 Å². The lowest BCUT2D eigenvalue weighted by Gasteiger charge is -2.07. The van der Waals surface area contributed by atoms with Gasteiger partial charge in [0.2, 0.25) is 5.91 Å². The van der Waals surface area contributed by atoms with E-state index in [4.69, 9.17) is 0 Å². The lowest BCUT2D eigenvalue weighted by Crippen LogP contribution is -2.13. The molecule has 4 rings (SSSR count). The predicted molar refractivity (Wildman–Crippen MR) is 109 cm³/mol. The monoisotopic (exact) mass is 388 g/mol. The van der Waals surface area contributed by atoms with Crippen molar-refractivity contribution in [2.24, 2.45) is 7.05 Å². The third-order valence-corrected chi connectivity index (χ3v) is 4.95. The third kappa shape index (κ3) is 3.67. The molecule has 2 aromatic carbocycles. The first-order chi connectivity index (χ1) is 13.9. The minimum atomic E-state index is -0.329. The van der Waals surface area contributed by atoms with E-state index in [9.17, 15) is 14.4 Å². The number of carbonyl (C=O) groups is 3. The summed E-state index contributed by atoms with van der Waals surface area (Å²) < 4.78 is 1.68. The number of fused-ring (bicyclic) bond motifs is 1. The van der Waals surface area contributed by atoms with Crippen LogP contribution in [0.1, 0.15) is 44.6 Å². The molecular weight excluding hydrogens is 368 g/mol. The number of nitrogens with zero attached hydrogens (tertiary/aromatic N) is 2. The van der Waals surface area contributed by atoms with Crippen LogP contribution in [0.15, 0.2) is 48.5 Å². The minimum absolute atomic E-state index is 0.0740. The maximum Gasteiger partial charge on any atom is 0.276 e. The molecule has 0 spiro atoms. The second-order valence-electron chi connectivity index (χ2n) is 6.96. The SMILES string of the molecule is CCc1cc(C(=O)Nc2cccc(C(=O)c3ccc4c(c3)NC(=O)C4)c2)nn1C. The van der Waals surface area contributed by atoms with Gasteiger partial charge in [0.25, 0.3) is 5.91 Å². The number of nitrogens with one attached hydrogen (secondary N) is 2. The third-order valence-electron chi connectivity index (χ3n) is 4.95. The summed E-state index contributed by atoms with van der Waals surface area (Å²) in [5.74, 6) is -0.587. The van der Waals surface area contributed by atoms with Gasteiger partial charge in [-0.05, 0) is 36.2 Å². The highest BCUT2D eigenvalue weighted by molar-refractivity contribution is 6.11. The summed E-state index contributed by atoms with van der Waals surface area (Å²) in [5.41, 5.74) is 4.29. The maximum absolute atomic E-state index is 12.9. The van der Waals surface area contributed by atoms with E-state index in [1.807, 2.05) is 6.92 Å². The first-order valence-corrected chi connectivity index (χ1v) is 9.36. The fraction of sp³-hybridized carbons (Fsp3) is 0.182. The Labute approximate surface area is 167 Å².